The molecule has 1 unspecified atom stereocenters. The van der Waals surface area contributed by atoms with Gasteiger partial charge in [0.2, 0.25) is 0 Å². The minimum absolute atomic E-state index is 0.0635. The summed E-state index contributed by atoms with van der Waals surface area (Å²) in [5, 5.41) is 30.7. The van der Waals surface area contributed by atoms with Gasteiger partial charge in [0, 0.05) is 24.5 Å². The monoisotopic (exact) mass is 395 g/mol. The van der Waals surface area contributed by atoms with Crippen LogP contribution < -0.4 is 4.74 Å². The first-order valence-corrected chi connectivity index (χ1v) is 9.02. The Labute approximate surface area is 167 Å². The predicted octanol–water partition coefficient (Wildman–Crippen LogP) is 3.56. The van der Waals surface area contributed by atoms with Gasteiger partial charge >= 0.3 is 0 Å². The number of aromatic hydroxyl groups is 1. The van der Waals surface area contributed by atoms with Crippen LogP contribution in [-0.4, -0.2) is 25.1 Å². The van der Waals surface area contributed by atoms with E-state index < -0.39 is 11.2 Å². The van der Waals surface area contributed by atoms with Crippen molar-refractivity contribution in [2.45, 2.75) is 33.0 Å². The van der Waals surface area contributed by atoms with Gasteiger partial charge in [-0.3, -0.25) is 10.1 Å². The molecule has 8 nitrogen and oxygen atoms in total. The zero-order chi connectivity index (χ0) is 21.0. The lowest BCUT2D eigenvalue weighted by Crippen LogP contribution is -2.11. The summed E-state index contributed by atoms with van der Waals surface area (Å²) in [5.74, 6) is 0.695. The molecule has 1 heterocycles. The normalized spacial score (nSPS) is 11.8. The molecule has 2 N–H and O–H groups in total. The van der Waals surface area contributed by atoms with Crippen LogP contribution in [0.1, 0.15) is 34.4 Å². The second kappa shape index (κ2) is 8.66. The van der Waals surface area contributed by atoms with Gasteiger partial charge in [0.15, 0.2) is 5.82 Å². The van der Waals surface area contributed by atoms with E-state index in [1.54, 1.807) is 12.4 Å². The maximum absolute atomic E-state index is 10.7. The lowest BCUT2D eigenvalue weighted by molar-refractivity contribution is -0.384. The number of nitrogens with zero attached hydrogens (tertiary/aromatic N) is 3. The fourth-order valence-corrected chi connectivity index (χ4v) is 2.93. The van der Waals surface area contributed by atoms with Crippen molar-refractivity contribution < 1.29 is 19.9 Å². The Morgan fingerprint density at radius 2 is 1.59 bits per heavy atom. The molecule has 0 radical (unpaired) electrons. The number of phenols is 1. The number of nitro groups is 1. The van der Waals surface area contributed by atoms with Crippen LogP contribution in [-0.2, 0) is 12.8 Å². The fourth-order valence-electron chi connectivity index (χ4n) is 2.93. The molecule has 1 atom stereocenters. The van der Waals surface area contributed by atoms with Crippen LogP contribution in [0.4, 0.5) is 5.69 Å². The number of non-ortho nitro benzene ring substituents is 1. The molecule has 2 aromatic carbocycles. The lowest BCUT2D eigenvalue weighted by Gasteiger charge is -2.12. The SMILES string of the molecule is Cc1cc(CCc2cnc(C(O)Oc3ccc([N+](=O)[O-])cc3)nc2)cc(C)c1O. The highest BCUT2D eigenvalue weighted by Gasteiger charge is 2.14. The molecule has 150 valence electrons. The van der Waals surface area contributed by atoms with Gasteiger partial charge in [-0.25, -0.2) is 9.97 Å². The van der Waals surface area contributed by atoms with Crippen LogP contribution in [0.5, 0.6) is 11.5 Å². The number of phenolic OH excluding ortho intramolecular Hbond substituents is 1. The van der Waals surface area contributed by atoms with Crippen molar-refractivity contribution in [3.05, 3.63) is 87.0 Å². The summed E-state index contributed by atoms with van der Waals surface area (Å²) >= 11 is 0. The summed E-state index contributed by atoms with van der Waals surface area (Å²) in [4.78, 5) is 18.4. The Bertz CT molecular complexity index is 981. The van der Waals surface area contributed by atoms with E-state index >= 15 is 0 Å². The Balaban J connectivity index is 1.59. The molecule has 0 saturated heterocycles. The van der Waals surface area contributed by atoms with Gasteiger partial charge in [-0.1, -0.05) is 12.1 Å². The molecule has 1 aromatic heterocycles. The number of aromatic nitrogens is 2. The van der Waals surface area contributed by atoms with Gasteiger partial charge in [-0.05, 0) is 61.1 Å². The number of benzene rings is 2. The molecule has 0 spiro atoms. The van der Waals surface area contributed by atoms with Gasteiger partial charge in [0.05, 0.1) is 4.92 Å². The molecule has 0 amide bonds. The van der Waals surface area contributed by atoms with E-state index in [0.717, 1.165) is 28.7 Å². The molecular formula is C21H21N3O5. The highest BCUT2D eigenvalue weighted by molar-refractivity contribution is 5.42. The summed E-state index contributed by atoms with van der Waals surface area (Å²) in [5.41, 5.74) is 3.64. The van der Waals surface area contributed by atoms with Crippen LogP contribution in [0.3, 0.4) is 0 Å². The van der Waals surface area contributed by atoms with Gasteiger partial charge in [-0.15, -0.1) is 0 Å². The minimum Gasteiger partial charge on any atom is -0.507 e. The van der Waals surface area contributed by atoms with Crippen molar-refractivity contribution in [1.29, 1.82) is 0 Å². The minimum atomic E-state index is -1.38. The topological polar surface area (TPSA) is 119 Å². The average molecular weight is 395 g/mol. The van der Waals surface area contributed by atoms with Crippen LogP contribution in [0, 0.1) is 24.0 Å². The van der Waals surface area contributed by atoms with Crippen molar-refractivity contribution in [3.8, 4) is 11.5 Å². The van der Waals surface area contributed by atoms with Crippen molar-refractivity contribution in [2.75, 3.05) is 0 Å². The Kier molecular flexibility index (Phi) is 6.04. The van der Waals surface area contributed by atoms with Crippen LogP contribution in [0.25, 0.3) is 0 Å². The molecule has 0 aliphatic carbocycles. The first-order valence-electron chi connectivity index (χ1n) is 9.02. The van der Waals surface area contributed by atoms with E-state index in [1.807, 2.05) is 26.0 Å². The van der Waals surface area contributed by atoms with Gasteiger partial charge in [-0.2, -0.15) is 0 Å². The smallest absolute Gasteiger partial charge is 0.269 e. The molecule has 29 heavy (non-hydrogen) atoms. The van der Waals surface area contributed by atoms with Crippen molar-refractivity contribution in [1.82, 2.24) is 9.97 Å². The zero-order valence-corrected chi connectivity index (χ0v) is 16.1. The number of nitro benzene ring substituents is 1. The molecule has 0 fully saturated rings. The van der Waals surface area contributed by atoms with Gasteiger partial charge in [0.1, 0.15) is 11.5 Å². The fraction of sp³-hybridized carbons (Fsp3) is 0.238. The molecule has 8 heteroatoms. The predicted molar refractivity (Wildman–Crippen MR) is 106 cm³/mol. The number of aliphatic hydroxyl groups is 1. The largest absolute Gasteiger partial charge is 0.507 e. The van der Waals surface area contributed by atoms with E-state index in [9.17, 15) is 20.3 Å². The van der Waals surface area contributed by atoms with Crippen molar-refractivity contribution in [2.24, 2.45) is 0 Å². The third-order valence-electron chi connectivity index (χ3n) is 4.49. The van der Waals surface area contributed by atoms with E-state index in [1.165, 1.54) is 24.3 Å². The van der Waals surface area contributed by atoms with Crippen LogP contribution >= 0.6 is 0 Å². The molecule has 3 aromatic rings. The van der Waals surface area contributed by atoms with Crippen LogP contribution in [0.2, 0.25) is 0 Å². The number of aryl methyl sites for hydroxylation is 4. The first-order chi connectivity index (χ1) is 13.8. The molecule has 0 aliphatic heterocycles. The molecule has 3 rings (SSSR count). The highest BCUT2D eigenvalue weighted by Crippen LogP contribution is 2.24. The Morgan fingerprint density at radius 3 is 2.14 bits per heavy atom. The average Bonchev–Trinajstić information content (AvgIpc) is 2.71. The third-order valence-corrected chi connectivity index (χ3v) is 4.49. The summed E-state index contributed by atoms with van der Waals surface area (Å²) in [6.07, 6.45) is 3.36. The summed E-state index contributed by atoms with van der Waals surface area (Å²) in [6, 6.07) is 9.30. The maximum Gasteiger partial charge on any atom is 0.269 e. The number of hydrogen-bond acceptors (Lipinski definition) is 7. The summed E-state index contributed by atoms with van der Waals surface area (Å²) in [6.45, 7) is 3.74. The van der Waals surface area contributed by atoms with Gasteiger partial charge < -0.3 is 14.9 Å². The maximum atomic E-state index is 10.7. The Morgan fingerprint density at radius 1 is 1.03 bits per heavy atom. The second-order valence-electron chi connectivity index (χ2n) is 6.75. The van der Waals surface area contributed by atoms with E-state index in [0.29, 0.717) is 12.2 Å². The summed E-state index contributed by atoms with van der Waals surface area (Å²) < 4.78 is 5.33. The Hall–Kier alpha value is -3.52. The van der Waals surface area contributed by atoms with Gasteiger partial charge in [0.25, 0.3) is 12.0 Å². The standard InChI is InChI=1S/C21H21N3O5/c1-13-9-15(10-14(2)19(13)25)3-4-16-11-22-20(23-12-16)21(26)29-18-7-5-17(6-8-18)24(27)28/h5-12,21,25-26H,3-4H2,1-2H3. The zero-order valence-electron chi connectivity index (χ0n) is 16.1. The molecule has 0 aliphatic rings. The third kappa shape index (κ3) is 5.05. The molecule has 0 saturated carbocycles. The van der Waals surface area contributed by atoms with E-state index in [-0.39, 0.29) is 17.3 Å². The molecule has 0 bridgehead atoms. The van der Waals surface area contributed by atoms with Crippen molar-refractivity contribution >= 4 is 5.69 Å². The van der Waals surface area contributed by atoms with E-state index in [2.05, 4.69) is 9.97 Å². The number of ether oxygens (including phenoxy) is 1. The number of rotatable bonds is 7. The van der Waals surface area contributed by atoms with E-state index in [4.69, 9.17) is 4.74 Å². The highest BCUT2D eigenvalue weighted by atomic mass is 16.6. The summed E-state index contributed by atoms with van der Waals surface area (Å²) in [7, 11) is 0. The number of aliphatic hydroxyl groups excluding tert-OH is 1. The molecular weight excluding hydrogens is 374 g/mol. The number of hydrogen-bond donors (Lipinski definition) is 2. The van der Waals surface area contributed by atoms with Crippen LogP contribution in [0.15, 0.2) is 48.8 Å². The van der Waals surface area contributed by atoms with Crippen molar-refractivity contribution in [3.63, 3.8) is 0 Å². The second-order valence-corrected chi connectivity index (χ2v) is 6.75. The quantitative estimate of drug-likeness (QED) is 0.357. The lowest BCUT2D eigenvalue weighted by atomic mass is 10.0. The first kappa shape index (κ1) is 20.2.